The molecule has 2 N–H and O–H groups in total. The van der Waals surface area contributed by atoms with Gasteiger partial charge in [-0.05, 0) is 24.8 Å². The molecule has 5 nitrogen and oxygen atoms in total. The van der Waals surface area contributed by atoms with Gasteiger partial charge < -0.3 is 15.4 Å². The number of allylic oxidation sites excluding steroid dienone is 2. The lowest BCUT2D eigenvalue weighted by Crippen LogP contribution is -2.42. The Balaban J connectivity index is 2.22. The zero-order valence-corrected chi connectivity index (χ0v) is 13.9. The molecule has 2 rings (SSSR count). The highest BCUT2D eigenvalue weighted by molar-refractivity contribution is 8.13. The lowest BCUT2D eigenvalue weighted by molar-refractivity contribution is 0.298. The third-order valence-corrected chi connectivity index (χ3v) is 4.17. The summed E-state index contributed by atoms with van der Waals surface area (Å²) in [7, 11) is 1.65. The number of methoxy groups -OCH3 is 1. The Kier molecular flexibility index (Phi) is 5.99. The molecule has 1 aliphatic heterocycles. The molecule has 0 saturated heterocycles. The number of nitriles is 1. The van der Waals surface area contributed by atoms with Crippen LogP contribution in [0.1, 0.15) is 6.42 Å². The van der Waals surface area contributed by atoms with Crippen molar-refractivity contribution in [1.82, 2.24) is 10.6 Å². The molecule has 7 heteroatoms. The first-order chi connectivity index (χ1) is 10.7. The van der Waals surface area contributed by atoms with Crippen molar-refractivity contribution in [2.45, 2.75) is 12.6 Å². The average Bonchev–Trinajstić information content (AvgIpc) is 2.58. The van der Waals surface area contributed by atoms with Crippen molar-refractivity contribution in [3.63, 3.8) is 0 Å². The number of thioether (sulfide) groups is 1. The van der Waals surface area contributed by atoms with E-state index in [4.69, 9.17) is 16.3 Å². The standard InChI is InChI=1S/C15H17ClN4OS/c1-21-11-5-3-10(4-6-11)13-19-14(18-8-7-16)12(9-17)15(20-13)22-2/h3,5-8,10,13,18-19H,4H2,1-2H3/b8-7-. The number of nitrogens with one attached hydrogen (secondary N) is 2. The summed E-state index contributed by atoms with van der Waals surface area (Å²) < 4.78 is 5.20. The lowest BCUT2D eigenvalue weighted by atomic mass is 9.96. The van der Waals surface area contributed by atoms with Gasteiger partial charge in [0.15, 0.2) is 0 Å². The van der Waals surface area contributed by atoms with Crippen molar-refractivity contribution >= 4 is 28.4 Å². The van der Waals surface area contributed by atoms with Crippen molar-refractivity contribution in [1.29, 1.82) is 5.26 Å². The van der Waals surface area contributed by atoms with E-state index in [1.54, 1.807) is 13.3 Å². The summed E-state index contributed by atoms with van der Waals surface area (Å²) >= 11 is 7.01. The number of ether oxygens (including phenoxy) is 1. The second-order valence-corrected chi connectivity index (χ2v) is 5.64. The molecule has 0 aromatic carbocycles. The number of rotatable bonds is 4. The number of nitrogens with zero attached hydrogens (tertiary/aromatic N) is 2. The maximum absolute atomic E-state index is 9.35. The highest BCUT2D eigenvalue weighted by Gasteiger charge is 2.27. The maximum Gasteiger partial charge on any atom is 0.127 e. The van der Waals surface area contributed by atoms with Crippen LogP contribution in [0, 0.1) is 17.2 Å². The van der Waals surface area contributed by atoms with E-state index in [2.05, 4.69) is 27.8 Å². The highest BCUT2D eigenvalue weighted by atomic mass is 35.5. The van der Waals surface area contributed by atoms with Crippen molar-refractivity contribution in [3.05, 3.63) is 47.1 Å². The topological polar surface area (TPSA) is 69.4 Å². The number of hydrogen-bond acceptors (Lipinski definition) is 6. The third kappa shape index (κ3) is 3.67. The van der Waals surface area contributed by atoms with Crippen LogP contribution in [0.2, 0.25) is 0 Å². The van der Waals surface area contributed by atoms with Crippen LogP contribution in [0.3, 0.4) is 0 Å². The second kappa shape index (κ2) is 7.97. The largest absolute Gasteiger partial charge is 0.497 e. The molecule has 0 bridgehead atoms. The van der Waals surface area contributed by atoms with Crippen LogP contribution >= 0.6 is 23.4 Å². The molecule has 0 radical (unpaired) electrons. The highest BCUT2D eigenvalue weighted by Crippen LogP contribution is 2.26. The zero-order chi connectivity index (χ0) is 15.9. The van der Waals surface area contributed by atoms with E-state index in [1.165, 1.54) is 17.3 Å². The number of halogens is 1. The van der Waals surface area contributed by atoms with Crippen LogP contribution in [-0.2, 0) is 4.74 Å². The smallest absolute Gasteiger partial charge is 0.127 e. The normalized spacial score (nSPS) is 24.5. The summed E-state index contributed by atoms with van der Waals surface area (Å²) in [6, 6.07) is 2.18. The minimum absolute atomic E-state index is 0.142. The van der Waals surface area contributed by atoms with Gasteiger partial charge in [0.1, 0.15) is 34.4 Å². The fourth-order valence-corrected chi connectivity index (χ4v) is 2.88. The Morgan fingerprint density at radius 2 is 2.45 bits per heavy atom. The van der Waals surface area contributed by atoms with Gasteiger partial charge in [0.2, 0.25) is 0 Å². The first kappa shape index (κ1) is 16.5. The molecule has 2 atom stereocenters. The number of aliphatic imine (C=N–C) groups is 1. The van der Waals surface area contributed by atoms with Gasteiger partial charge in [-0.1, -0.05) is 17.7 Å². The molecule has 2 unspecified atom stereocenters. The van der Waals surface area contributed by atoms with Crippen molar-refractivity contribution < 1.29 is 4.74 Å². The van der Waals surface area contributed by atoms with Gasteiger partial charge in [0, 0.05) is 17.7 Å². The summed E-state index contributed by atoms with van der Waals surface area (Å²) in [6.45, 7) is 0. The molecule has 1 aliphatic carbocycles. The summed E-state index contributed by atoms with van der Waals surface area (Å²) in [5, 5.41) is 16.3. The van der Waals surface area contributed by atoms with E-state index in [0.29, 0.717) is 16.4 Å². The molecule has 1 heterocycles. The summed E-state index contributed by atoms with van der Waals surface area (Å²) in [5.41, 5.74) is 1.85. The Hall–Kier alpha value is -1.84. The summed E-state index contributed by atoms with van der Waals surface area (Å²) in [4.78, 5) is 4.66. The minimum atomic E-state index is -0.142. The average molecular weight is 337 g/mol. The Morgan fingerprint density at radius 1 is 1.64 bits per heavy atom. The van der Waals surface area contributed by atoms with Crippen LogP contribution in [-0.4, -0.2) is 24.6 Å². The quantitative estimate of drug-likeness (QED) is 0.826. The summed E-state index contributed by atoms with van der Waals surface area (Å²) in [6.07, 6.45) is 10.2. The molecule has 0 fully saturated rings. The Bertz CT molecular complexity index is 616. The number of hydrogen-bond donors (Lipinski definition) is 2. The van der Waals surface area contributed by atoms with Crippen molar-refractivity contribution in [2.24, 2.45) is 10.9 Å². The molecule has 2 aliphatic rings. The van der Waals surface area contributed by atoms with Crippen LogP contribution in [0.5, 0.6) is 0 Å². The van der Waals surface area contributed by atoms with Gasteiger partial charge in [-0.2, -0.15) is 5.26 Å². The summed E-state index contributed by atoms with van der Waals surface area (Å²) in [5.74, 6) is 1.68. The van der Waals surface area contributed by atoms with Gasteiger partial charge in [0.25, 0.3) is 0 Å². The molecular weight excluding hydrogens is 320 g/mol. The predicted molar refractivity (Wildman–Crippen MR) is 91.0 cm³/mol. The van der Waals surface area contributed by atoms with Crippen molar-refractivity contribution in [2.75, 3.05) is 13.4 Å². The first-order valence-electron chi connectivity index (χ1n) is 6.70. The van der Waals surface area contributed by atoms with Crippen LogP contribution in [0.4, 0.5) is 0 Å². The van der Waals surface area contributed by atoms with E-state index in [-0.39, 0.29) is 12.1 Å². The van der Waals surface area contributed by atoms with E-state index in [9.17, 15) is 5.26 Å². The molecule has 0 aromatic rings. The third-order valence-electron chi connectivity index (χ3n) is 3.35. The van der Waals surface area contributed by atoms with Gasteiger partial charge in [-0.25, -0.2) is 0 Å². The van der Waals surface area contributed by atoms with Gasteiger partial charge in [0.05, 0.1) is 7.11 Å². The fraction of sp³-hybridized carbons (Fsp3) is 0.333. The van der Waals surface area contributed by atoms with Crippen LogP contribution in [0.15, 0.2) is 52.1 Å². The van der Waals surface area contributed by atoms with Gasteiger partial charge in [-0.15, -0.1) is 11.8 Å². The van der Waals surface area contributed by atoms with E-state index in [1.807, 2.05) is 18.4 Å². The second-order valence-electron chi connectivity index (χ2n) is 4.60. The molecular formula is C15H17ClN4OS. The Labute approximate surface area is 139 Å². The minimum Gasteiger partial charge on any atom is -0.497 e. The van der Waals surface area contributed by atoms with Crippen molar-refractivity contribution in [3.8, 4) is 6.07 Å². The molecule has 0 aromatic heterocycles. The SMILES string of the molecule is COC1=CCC(C2N=C(SC)C(C#N)=C(N/C=C\Cl)N2)C=C1. The van der Waals surface area contributed by atoms with Crippen LogP contribution < -0.4 is 10.6 Å². The molecule has 0 spiro atoms. The van der Waals surface area contributed by atoms with E-state index >= 15 is 0 Å². The zero-order valence-electron chi connectivity index (χ0n) is 12.3. The van der Waals surface area contributed by atoms with E-state index in [0.717, 1.165) is 12.2 Å². The maximum atomic E-state index is 9.35. The van der Waals surface area contributed by atoms with Gasteiger partial charge >= 0.3 is 0 Å². The Morgan fingerprint density at radius 3 is 3.00 bits per heavy atom. The molecule has 0 saturated carbocycles. The predicted octanol–water partition coefficient (Wildman–Crippen LogP) is 2.82. The lowest BCUT2D eigenvalue weighted by Gasteiger charge is -2.30. The monoisotopic (exact) mass is 336 g/mol. The van der Waals surface area contributed by atoms with Gasteiger partial charge in [-0.3, -0.25) is 4.99 Å². The van der Waals surface area contributed by atoms with Crippen LogP contribution in [0.25, 0.3) is 0 Å². The molecule has 0 amide bonds. The molecule has 22 heavy (non-hydrogen) atoms. The molecule has 116 valence electrons. The first-order valence-corrected chi connectivity index (χ1v) is 8.36. The van der Waals surface area contributed by atoms with E-state index < -0.39 is 0 Å². The fourth-order valence-electron chi connectivity index (χ4n) is 2.24.